The van der Waals surface area contributed by atoms with Crippen LogP contribution in [0.1, 0.15) is 34.0 Å². The minimum atomic E-state index is -0.228. The highest BCUT2D eigenvalue weighted by molar-refractivity contribution is 9.10. The van der Waals surface area contributed by atoms with Crippen LogP contribution in [0.3, 0.4) is 0 Å². The summed E-state index contributed by atoms with van der Waals surface area (Å²) in [5, 5.41) is 6.43. The molecule has 5 nitrogen and oxygen atoms in total. The Balaban J connectivity index is 1.72. The summed E-state index contributed by atoms with van der Waals surface area (Å²) in [4.78, 5) is 18.1. The fourth-order valence-electron chi connectivity index (χ4n) is 3.10. The third kappa shape index (κ3) is 4.89. The van der Waals surface area contributed by atoms with Gasteiger partial charge in [-0.2, -0.15) is 10.1 Å². The molecule has 0 unspecified atom stereocenters. The third-order valence-corrected chi connectivity index (χ3v) is 6.47. The predicted octanol–water partition coefficient (Wildman–Crippen LogP) is 6.76. The number of halogens is 1. The molecular weight excluding hydrogens is 486 g/mol. The molecule has 1 heterocycles. The van der Waals surface area contributed by atoms with Gasteiger partial charge < -0.3 is 4.74 Å². The Morgan fingerprint density at radius 3 is 2.59 bits per heavy atom. The summed E-state index contributed by atoms with van der Waals surface area (Å²) in [7, 11) is 0. The van der Waals surface area contributed by atoms with E-state index in [1.165, 1.54) is 16.3 Å². The zero-order chi connectivity index (χ0) is 22.7. The average Bonchev–Trinajstić information content (AvgIpc) is 3.19. The number of aryl methyl sites for hydroxylation is 2. The van der Waals surface area contributed by atoms with Crippen LogP contribution < -0.4 is 9.75 Å². The van der Waals surface area contributed by atoms with Crippen molar-refractivity contribution in [1.82, 2.24) is 4.98 Å². The average molecular weight is 508 g/mol. The van der Waals surface area contributed by atoms with Gasteiger partial charge in [-0.25, -0.2) is 4.98 Å². The monoisotopic (exact) mass is 507 g/mol. The van der Waals surface area contributed by atoms with Gasteiger partial charge in [0.05, 0.1) is 23.0 Å². The summed E-state index contributed by atoms with van der Waals surface area (Å²) >= 11 is 4.92. The van der Waals surface area contributed by atoms with Crippen LogP contribution in [0.4, 0.5) is 5.13 Å². The lowest BCUT2D eigenvalue weighted by Gasteiger charge is -2.14. The number of hydrogen-bond acceptors (Lipinski definition) is 5. The van der Waals surface area contributed by atoms with Gasteiger partial charge in [-0.15, -0.1) is 0 Å². The molecule has 3 aromatic carbocycles. The predicted molar refractivity (Wildman–Crippen MR) is 135 cm³/mol. The van der Waals surface area contributed by atoms with Crippen LogP contribution >= 0.6 is 27.3 Å². The number of amides is 1. The zero-order valence-corrected chi connectivity index (χ0v) is 20.4. The number of benzene rings is 3. The van der Waals surface area contributed by atoms with Gasteiger partial charge in [0, 0.05) is 10.0 Å². The molecule has 0 saturated heterocycles. The Hall–Kier alpha value is -3.03. The highest BCUT2D eigenvalue weighted by Crippen LogP contribution is 2.32. The topological polar surface area (TPSA) is 54.8 Å². The van der Waals surface area contributed by atoms with E-state index < -0.39 is 0 Å². The van der Waals surface area contributed by atoms with E-state index in [9.17, 15) is 4.79 Å². The molecule has 4 rings (SSSR count). The number of fused-ring (bicyclic) bond motifs is 1. The molecule has 0 fully saturated rings. The van der Waals surface area contributed by atoms with Crippen molar-refractivity contribution in [2.75, 3.05) is 11.6 Å². The molecular formula is C25H22BrN3O2S. The first-order valence-corrected chi connectivity index (χ1v) is 11.8. The smallest absolute Gasteiger partial charge is 0.280 e. The van der Waals surface area contributed by atoms with Crippen LogP contribution in [-0.4, -0.2) is 23.7 Å². The van der Waals surface area contributed by atoms with Crippen molar-refractivity contribution in [2.24, 2.45) is 5.10 Å². The number of anilines is 1. The molecule has 0 radical (unpaired) electrons. The van der Waals surface area contributed by atoms with Gasteiger partial charge in [0.1, 0.15) is 5.75 Å². The summed E-state index contributed by atoms with van der Waals surface area (Å²) in [5.74, 6) is 0.567. The second kappa shape index (κ2) is 9.63. The van der Waals surface area contributed by atoms with E-state index in [2.05, 4.69) is 26.0 Å². The fourth-order valence-corrected chi connectivity index (χ4v) is 4.58. The van der Waals surface area contributed by atoms with E-state index in [-0.39, 0.29) is 5.91 Å². The molecule has 32 heavy (non-hydrogen) atoms. The number of nitrogens with zero attached hydrogens (tertiary/aromatic N) is 3. The maximum atomic E-state index is 13.5. The lowest BCUT2D eigenvalue weighted by atomic mass is 10.1. The minimum Gasteiger partial charge on any atom is -0.494 e. The van der Waals surface area contributed by atoms with Gasteiger partial charge in [-0.1, -0.05) is 33.3 Å². The van der Waals surface area contributed by atoms with Crippen molar-refractivity contribution in [3.05, 3.63) is 87.4 Å². The van der Waals surface area contributed by atoms with E-state index in [1.54, 1.807) is 6.21 Å². The molecule has 1 aromatic heterocycles. The van der Waals surface area contributed by atoms with Gasteiger partial charge >= 0.3 is 0 Å². The van der Waals surface area contributed by atoms with Crippen molar-refractivity contribution in [3.63, 3.8) is 0 Å². The number of aromatic nitrogens is 1. The van der Waals surface area contributed by atoms with Gasteiger partial charge in [0.15, 0.2) is 0 Å². The van der Waals surface area contributed by atoms with Crippen LogP contribution in [-0.2, 0) is 0 Å². The van der Waals surface area contributed by atoms with E-state index in [0.29, 0.717) is 17.3 Å². The van der Waals surface area contributed by atoms with Crippen LogP contribution in [0.5, 0.6) is 5.75 Å². The molecule has 0 spiro atoms. The zero-order valence-electron chi connectivity index (χ0n) is 18.0. The summed E-state index contributed by atoms with van der Waals surface area (Å²) < 4.78 is 7.43. The fraction of sp³-hybridized carbons (Fsp3) is 0.160. The molecule has 0 saturated carbocycles. The summed E-state index contributed by atoms with van der Waals surface area (Å²) in [6, 6.07) is 19.1. The van der Waals surface area contributed by atoms with E-state index >= 15 is 0 Å². The molecule has 0 aliphatic heterocycles. The SMILES string of the molecule is CCOc1ccc(/C=N/N(C(=O)c2ccc(C)c(C)c2)c2nc3ccc(Br)cc3s2)cc1. The summed E-state index contributed by atoms with van der Waals surface area (Å²) in [5.41, 5.74) is 4.44. The molecule has 162 valence electrons. The van der Waals surface area contributed by atoms with Gasteiger partial charge in [-0.3, -0.25) is 4.79 Å². The Morgan fingerprint density at radius 1 is 1.09 bits per heavy atom. The maximum absolute atomic E-state index is 13.5. The lowest BCUT2D eigenvalue weighted by molar-refractivity contribution is 0.0987. The molecule has 4 aromatic rings. The molecule has 0 atom stereocenters. The van der Waals surface area contributed by atoms with Gasteiger partial charge in [0.25, 0.3) is 5.91 Å². The first kappa shape index (κ1) is 22.2. The Bertz CT molecular complexity index is 1300. The quantitative estimate of drug-likeness (QED) is 0.214. The number of thiazole rings is 1. The summed E-state index contributed by atoms with van der Waals surface area (Å²) in [6.45, 7) is 6.58. The van der Waals surface area contributed by atoms with Crippen molar-refractivity contribution in [3.8, 4) is 5.75 Å². The summed E-state index contributed by atoms with van der Waals surface area (Å²) in [6.07, 6.45) is 1.66. The van der Waals surface area contributed by atoms with Crippen LogP contribution in [0.2, 0.25) is 0 Å². The van der Waals surface area contributed by atoms with Gasteiger partial charge in [-0.05, 0) is 92.1 Å². The molecule has 0 N–H and O–H groups in total. The van der Waals surface area contributed by atoms with Crippen LogP contribution in [0.15, 0.2) is 70.2 Å². The number of carbonyl (C=O) groups is 1. The number of hydrazone groups is 1. The molecule has 0 bridgehead atoms. The largest absolute Gasteiger partial charge is 0.494 e. The maximum Gasteiger partial charge on any atom is 0.280 e. The number of hydrogen-bond donors (Lipinski definition) is 0. The Morgan fingerprint density at radius 2 is 1.88 bits per heavy atom. The van der Waals surface area contributed by atoms with Crippen molar-refractivity contribution < 1.29 is 9.53 Å². The number of carbonyl (C=O) groups excluding carboxylic acids is 1. The van der Waals surface area contributed by atoms with Crippen molar-refractivity contribution >= 4 is 54.7 Å². The van der Waals surface area contributed by atoms with Crippen LogP contribution in [0, 0.1) is 13.8 Å². The van der Waals surface area contributed by atoms with Crippen LogP contribution in [0.25, 0.3) is 10.2 Å². The highest BCUT2D eigenvalue weighted by Gasteiger charge is 2.21. The normalized spacial score (nSPS) is 11.2. The van der Waals surface area contributed by atoms with Gasteiger partial charge in [0.2, 0.25) is 5.13 Å². The minimum absolute atomic E-state index is 0.228. The first-order chi connectivity index (χ1) is 15.4. The third-order valence-electron chi connectivity index (χ3n) is 4.98. The second-order valence-corrected chi connectivity index (χ2v) is 9.20. The first-order valence-electron chi connectivity index (χ1n) is 10.2. The van der Waals surface area contributed by atoms with E-state index in [1.807, 2.05) is 81.4 Å². The molecule has 0 aliphatic carbocycles. The molecule has 7 heteroatoms. The van der Waals surface area contributed by atoms with Crippen molar-refractivity contribution in [1.29, 1.82) is 0 Å². The van der Waals surface area contributed by atoms with E-state index in [4.69, 9.17) is 4.74 Å². The molecule has 1 amide bonds. The molecule has 0 aliphatic rings. The Kier molecular flexibility index (Phi) is 6.67. The number of rotatable bonds is 6. The lowest BCUT2D eigenvalue weighted by Crippen LogP contribution is -2.25. The number of ether oxygens (including phenoxy) is 1. The highest BCUT2D eigenvalue weighted by atomic mass is 79.9. The van der Waals surface area contributed by atoms with Crippen molar-refractivity contribution in [2.45, 2.75) is 20.8 Å². The second-order valence-electron chi connectivity index (χ2n) is 7.27. The Labute approximate surface area is 199 Å². The van der Waals surface area contributed by atoms with E-state index in [0.717, 1.165) is 37.1 Å². The standard InChI is InChI=1S/C25H22BrN3O2S/c1-4-31-21-10-6-18(7-11-21)15-27-29(24(30)19-8-5-16(2)17(3)13-19)25-28-22-12-9-20(26)14-23(22)32-25/h5-15H,4H2,1-3H3/b27-15+.